The summed E-state index contributed by atoms with van der Waals surface area (Å²) in [6.45, 7) is 7.96. The van der Waals surface area contributed by atoms with Crippen LogP contribution < -0.4 is 0 Å². The molecule has 1 N–H and O–H groups in total. The van der Waals surface area contributed by atoms with Crippen LogP contribution in [-0.2, 0) is 11.3 Å². The van der Waals surface area contributed by atoms with Gasteiger partial charge in [0.2, 0.25) is 0 Å². The Balaban J connectivity index is 0.000000411. The molecule has 1 aromatic rings. The average molecular weight is 250 g/mol. The molecule has 0 aliphatic carbocycles. The van der Waals surface area contributed by atoms with Gasteiger partial charge in [-0.2, -0.15) is 5.10 Å². The summed E-state index contributed by atoms with van der Waals surface area (Å²) in [4.78, 5) is 18.2. The number of Topliss-reactive ketones (excluding diaryl/α,β-unsaturated/α-hetero) is 1. The van der Waals surface area contributed by atoms with Gasteiger partial charge in [-0.1, -0.05) is 26.0 Å². The molecule has 0 aliphatic rings. The Morgan fingerprint density at radius 3 is 2.67 bits per heavy atom. The van der Waals surface area contributed by atoms with Crippen LogP contribution in [0, 0.1) is 5.92 Å². The molecular weight excluding hydrogens is 228 g/mol. The zero-order chi connectivity index (χ0) is 13.8. The van der Waals surface area contributed by atoms with Crippen LogP contribution in [0.15, 0.2) is 23.5 Å². The quantitative estimate of drug-likeness (QED) is 0.645. The third kappa shape index (κ3) is 9.45. The molecule has 0 aromatic carbocycles. The second-order valence-electron chi connectivity index (χ2n) is 4.03. The lowest BCUT2D eigenvalue weighted by molar-refractivity contribution is -0.119. The summed E-state index contributed by atoms with van der Waals surface area (Å²) in [5, 5.41) is 6.45. The summed E-state index contributed by atoms with van der Waals surface area (Å²) < 4.78 is 0. The first-order valence-electron chi connectivity index (χ1n) is 6.02. The molecule has 1 heterocycles. The maximum absolute atomic E-state index is 10.1. The average Bonchev–Trinajstić information content (AvgIpc) is 2.82. The number of nitrogens with one attached hydrogen (secondary N) is 1. The number of carbonyl (C=O) groups excluding carboxylic acids is 1. The van der Waals surface area contributed by atoms with E-state index in [9.17, 15) is 4.79 Å². The number of hydrogen-bond acceptors (Lipinski definition) is 4. The van der Waals surface area contributed by atoms with E-state index in [2.05, 4.69) is 20.2 Å². The van der Waals surface area contributed by atoms with E-state index in [1.54, 1.807) is 6.92 Å². The van der Waals surface area contributed by atoms with Crippen LogP contribution in [0.2, 0.25) is 0 Å². The first-order valence-corrected chi connectivity index (χ1v) is 6.02. The van der Waals surface area contributed by atoms with Gasteiger partial charge in [-0.05, 0) is 13.8 Å². The monoisotopic (exact) mass is 250 g/mol. The lowest BCUT2D eigenvalue weighted by Crippen LogP contribution is -1.98. The fourth-order valence-electron chi connectivity index (χ4n) is 0.729. The lowest BCUT2D eigenvalue weighted by atomic mass is 10.1. The fraction of sp³-hybridized carbons (Fsp3) is 0.538. The predicted octanol–water partition coefficient (Wildman–Crippen LogP) is 2.57. The standard InChI is InChI=1S/C8H12N4.C5H10O/c1-2-3-4-5-9-6-8-10-7-11-12-8;1-4(2)5(3)6/h2-3,5,7H,4,6H2,1H3,(H,10,11,12);4H,1-3H3/b3-2-,9-5?;. The zero-order valence-corrected chi connectivity index (χ0v) is 11.6. The number of nitrogens with zero attached hydrogens (tertiary/aromatic N) is 3. The molecule has 0 unspecified atom stereocenters. The highest BCUT2D eigenvalue weighted by molar-refractivity contribution is 5.77. The molecule has 0 radical (unpaired) electrons. The van der Waals surface area contributed by atoms with Crippen molar-refractivity contribution >= 4 is 12.0 Å². The van der Waals surface area contributed by atoms with Gasteiger partial charge in [0.05, 0.1) is 6.54 Å². The van der Waals surface area contributed by atoms with E-state index in [-0.39, 0.29) is 11.7 Å². The molecule has 100 valence electrons. The summed E-state index contributed by atoms with van der Waals surface area (Å²) in [5.74, 6) is 1.27. The van der Waals surface area contributed by atoms with E-state index in [1.165, 1.54) is 6.33 Å². The number of hydrogen-bond donors (Lipinski definition) is 1. The van der Waals surface area contributed by atoms with Crippen molar-refractivity contribution < 1.29 is 4.79 Å². The van der Waals surface area contributed by atoms with Gasteiger partial charge in [-0.15, -0.1) is 0 Å². The van der Waals surface area contributed by atoms with E-state index < -0.39 is 0 Å². The van der Waals surface area contributed by atoms with Crippen molar-refractivity contribution in [3.63, 3.8) is 0 Å². The summed E-state index contributed by atoms with van der Waals surface area (Å²) in [6, 6.07) is 0. The smallest absolute Gasteiger partial charge is 0.145 e. The molecule has 1 aromatic heterocycles. The Morgan fingerprint density at radius 1 is 1.56 bits per heavy atom. The van der Waals surface area contributed by atoms with Gasteiger partial charge in [-0.3, -0.25) is 14.9 Å². The lowest BCUT2D eigenvalue weighted by Gasteiger charge is -1.90. The van der Waals surface area contributed by atoms with Gasteiger partial charge in [0.1, 0.15) is 17.9 Å². The third-order valence-corrected chi connectivity index (χ3v) is 2.13. The summed E-state index contributed by atoms with van der Waals surface area (Å²) >= 11 is 0. The van der Waals surface area contributed by atoms with Crippen molar-refractivity contribution in [2.75, 3.05) is 0 Å². The van der Waals surface area contributed by atoms with Gasteiger partial charge in [0, 0.05) is 18.6 Å². The minimum atomic E-state index is 0.213. The minimum absolute atomic E-state index is 0.213. The third-order valence-electron chi connectivity index (χ3n) is 2.13. The molecule has 0 bridgehead atoms. The molecule has 0 fully saturated rings. The summed E-state index contributed by atoms with van der Waals surface area (Å²) in [5.41, 5.74) is 0. The fourth-order valence-corrected chi connectivity index (χ4v) is 0.729. The molecule has 5 nitrogen and oxygen atoms in total. The number of aliphatic imine (C=N–C) groups is 1. The van der Waals surface area contributed by atoms with Crippen LogP contribution in [-0.4, -0.2) is 27.2 Å². The zero-order valence-electron chi connectivity index (χ0n) is 11.6. The van der Waals surface area contributed by atoms with E-state index >= 15 is 0 Å². The van der Waals surface area contributed by atoms with Crippen molar-refractivity contribution in [1.29, 1.82) is 0 Å². The summed E-state index contributed by atoms with van der Waals surface area (Å²) in [7, 11) is 0. The van der Waals surface area contributed by atoms with Crippen LogP contribution in [0.25, 0.3) is 0 Å². The number of aromatic amines is 1. The van der Waals surface area contributed by atoms with Gasteiger partial charge < -0.3 is 0 Å². The molecule has 0 spiro atoms. The minimum Gasteiger partial charge on any atom is -0.300 e. The van der Waals surface area contributed by atoms with Crippen LogP contribution in [0.4, 0.5) is 0 Å². The highest BCUT2D eigenvalue weighted by atomic mass is 16.1. The molecule has 1 rings (SSSR count). The van der Waals surface area contributed by atoms with Gasteiger partial charge in [0.25, 0.3) is 0 Å². The van der Waals surface area contributed by atoms with Crippen LogP contribution in [0.1, 0.15) is 39.9 Å². The van der Waals surface area contributed by atoms with Crippen molar-refractivity contribution in [1.82, 2.24) is 15.2 Å². The number of allylic oxidation sites excluding steroid dienone is 2. The predicted molar refractivity (Wildman–Crippen MR) is 73.5 cm³/mol. The number of H-pyrrole nitrogens is 1. The number of ketones is 1. The first-order chi connectivity index (χ1) is 8.57. The van der Waals surface area contributed by atoms with Crippen molar-refractivity contribution in [2.45, 2.75) is 40.7 Å². The van der Waals surface area contributed by atoms with E-state index in [0.717, 1.165) is 12.2 Å². The second kappa shape index (κ2) is 10.4. The van der Waals surface area contributed by atoms with Crippen LogP contribution in [0.3, 0.4) is 0 Å². The molecule has 0 aliphatic heterocycles. The topological polar surface area (TPSA) is 71.0 Å². The number of rotatable bonds is 5. The SMILES string of the molecule is C/C=C\CC=NCc1ncn[nH]1.CC(=O)C(C)C. The number of carbonyl (C=O) groups is 1. The Labute approximate surface area is 108 Å². The van der Waals surface area contributed by atoms with Crippen molar-refractivity contribution in [2.24, 2.45) is 10.9 Å². The summed E-state index contributed by atoms with van der Waals surface area (Å²) in [6.07, 6.45) is 8.27. The molecule has 0 amide bonds. The van der Waals surface area contributed by atoms with Gasteiger partial charge in [0.15, 0.2) is 0 Å². The Morgan fingerprint density at radius 2 is 2.22 bits per heavy atom. The normalized spacial score (nSPS) is 10.9. The second-order valence-corrected chi connectivity index (χ2v) is 4.03. The molecule has 18 heavy (non-hydrogen) atoms. The molecule has 5 heteroatoms. The maximum atomic E-state index is 10.1. The molecular formula is C13H22N4O. The first kappa shape index (κ1) is 16.2. The van der Waals surface area contributed by atoms with Crippen molar-refractivity contribution in [3.05, 3.63) is 24.3 Å². The highest BCUT2D eigenvalue weighted by Gasteiger charge is 1.95. The van der Waals surface area contributed by atoms with Crippen LogP contribution >= 0.6 is 0 Å². The highest BCUT2D eigenvalue weighted by Crippen LogP contribution is 1.89. The Kier molecular flexibility index (Phi) is 9.35. The van der Waals surface area contributed by atoms with Crippen molar-refractivity contribution in [3.8, 4) is 0 Å². The number of aromatic nitrogens is 3. The van der Waals surface area contributed by atoms with E-state index in [1.807, 2.05) is 39.1 Å². The molecule has 0 atom stereocenters. The van der Waals surface area contributed by atoms with Gasteiger partial charge in [-0.25, -0.2) is 4.98 Å². The molecule has 0 saturated heterocycles. The molecule has 0 saturated carbocycles. The maximum Gasteiger partial charge on any atom is 0.145 e. The van der Waals surface area contributed by atoms with E-state index in [4.69, 9.17) is 0 Å². The Hall–Kier alpha value is -1.78. The Bertz CT molecular complexity index is 366. The van der Waals surface area contributed by atoms with Gasteiger partial charge >= 0.3 is 0 Å². The largest absolute Gasteiger partial charge is 0.300 e. The van der Waals surface area contributed by atoms with E-state index in [0.29, 0.717) is 6.54 Å². The van der Waals surface area contributed by atoms with Crippen LogP contribution in [0.5, 0.6) is 0 Å².